The van der Waals surface area contributed by atoms with Gasteiger partial charge in [-0.25, -0.2) is 4.98 Å². The minimum absolute atomic E-state index is 0.579. The molecular formula is C13H14N4O. The van der Waals surface area contributed by atoms with Gasteiger partial charge < -0.3 is 15.0 Å². The van der Waals surface area contributed by atoms with Crippen LogP contribution in [0, 0.1) is 18.3 Å². The Morgan fingerprint density at radius 2 is 2.33 bits per heavy atom. The fourth-order valence-electron chi connectivity index (χ4n) is 1.66. The zero-order valence-electron chi connectivity index (χ0n) is 10.3. The number of methoxy groups -OCH3 is 1. The van der Waals surface area contributed by atoms with Gasteiger partial charge in [0.2, 0.25) is 0 Å². The number of aromatic nitrogens is 2. The smallest absolute Gasteiger partial charge is 0.143 e. The number of anilines is 1. The molecule has 2 N–H and O–H groups in total. The van der Waals surface area contributed by atoms with Gasteiger partial charge in [-0.2, -0.15) is 5.26 Å². The largest absolute Gasteiger partial charge is 0.495 e. The highest BCUT2D eigenvalue weighted by atomic mass is 16.5. The molecule has 1 aromatic heterocycles. The summed E-state index contributed by atoms with van der Waals surface area (Å²) in [6.45, 7) is 2.54. The van der Waals surface area contributed by atoms with Crippen molar-refractivity contribution in [2.24, 2.45) is 0 Å². The highest BCUT2D eigenvalue weighted by molar-refractivity contribution is 5.59. The molecule has 0 aliphatic carbocycles. The molecule has 92 valence electrons. The Bertz CT molecular complexity index is 583. The van der Waals surface area contributed by atoms with Gasteiger partial charge in [0.1, 0.15) is 11.6 Å². The SMILES string of the molecule is COc1cc(C#N)ccc1NCc1cnc(C)[nH]1. The number of benzene rings is 1. The van der Waals surface area contributed by atoms with Crippen LogP contribution in [0.1, 0.15) is 17.1 Å². The Morgan fingerprint density at radius 1 is 1.50 bits per heavy atom. The summed E-state index contributed by atoms with van der Waals surface area (Å²) in [7, 11) is 1.59. The molecule has 0 spiro atoms. The molecule has 0 atom stereocenters. The third kappa shape index (κ3) is 2.61. The normalized spacial score (nSPS) is 9.83. The number of imidazole rings is 1. The van der Waals surface area contributed by atoms with Crippen LogP contribution in [0.5, 0.6) is 5.75 Å². The second-order valence-corrected chi connectivity index (χ2v) is 3.87. The van der Waals surface area contributed by atoms with Crippen LogP contribution in [0.4, 0.5) is 5.69 Å². The van der Waals surface area contributed by atoms with E-state index in [1.165, 1.54) is 0 Å². The summed E-state index contributed by atoms with van der Waals surface area (Å²) in [5.74, 6) is 1.55. The molecule has 2 rings (SSSR count). The first kappa shape index (κ1) is 12.0. The van der Waals surface area contributed by atoms with E-state index in [9.17, 15) is 0 Å². The number of aromatic amines is 1. The average molecular weight is 242 g/mol. The lowest BCUT2D eigenvalue weighted by atomic mass is 10.2. The minimum atomic E-state index is 0.579. The monoisotopic (exact) mass is 242 g/mol. The lowest BCUT2D eigenvalue weighted by molar-refractivity contribution is 0.416. The lowest BCUT2D eigenvalue weighted by Gasteiger charge is -2.10. The van der Waals surface area contributed by atoms with E-state index in [4.69, 9.17) is 10.00 Å². The minimum Gasteiger partial charge on any atom is -0.495 e. The summed E-state index contributed by atoms with van der Waals surface area (Å²) in [6, 6.07) is 7.38. The summed E-state index contributed by atoms with van der Waals surface area (Å²) in [6.07, 6.45) is 1.79. The zero-order valence-corrected chi connectivity index (χ0v) is 10.3. The number of rotatable bonds is 4. The molecule has 0 bridgehead atoms. The van der Waals surface area contributed by atoms with Gasteiger partial charge >= 0.3 is 0 Å². The van der Waals surface area contributed by atoms with Crippen LogP contribution < -0.4 is 10.1 Å². The molecule has 1 heterocycles. The predicted molar refractivity (Wildman–Crippen MR) is 68.4 cm³/mol. The number of hydrogen-bond donors (Lipinski definition) is 2. The first-order chi connectivity index (χ1) is 8.72. The molecule has 18 heavy (non-hydrogen) atoms. The van der Waals surface area contributed by atoms with E-state index in [2.05, 4.69) is 21.4 Å². The van der Waals surface area contributed by atoms with Crippen LogP contribution in [0.15, 0.2) is 24.4 Å². The number of hydrogen-bond acceptors (Lipinski definition) is 4. The van der Waals surface area contributed by atoms with Crippen molar-refractivity contribution in [3.63, 3.8) is 0 Å². The van der Waals surface area contributed by atoms with Gasteiger partial charge in [-0.3, -0.25) is 0 Å². The number of nitrogens with one attached hydrogen (secondary N) is 2. The molecule has 0 saturated heterocycles. The number of aryl methyl sites for hydroxylation is 1. The van der Waals surface area contributed by atoms with Crippen molar-refractivity contribution in [3.05, 3.63) is 41.5 Å². The molecule has 0 fully saturated rings. The van der Waals surface area contributed by atoms with Crippen molar-refractivity contribution in [3.8, 4) is 11.8 Å². The van der Waals surface area contributed by atoms with Crippen LogP contribution in [-0.4, -0.2) is 17.1 Å². The Labute approximate surface area is 105 Å². The number of H-pyrrole nitrogens is 1. The fourth-order valence-corrected chi connectivity index (χ4v) is 1.66. The van der Waals surface area contributed by atoms with E-state index in [-0.39, 0.29) is 0 Å². The number of nitriles is 1. The standard InChI is InChI=1S/C13H14N4O/c1-9-15-7-11(17-9)8-16-12-4-3-10(6-14)5-13(12)18-2/h3-5,7,16H,8H2,1-2H3,(H,15,17). The summed E-state index contributed by atoms with van der Waals surface area (Å²) in [5, 5.41) is 12.1. The Kier molecular flexibility index (Phi) is 3.49. The Balaban J connectivity index is 2.12. The molecule has 0 radical (unpaired) electrons. The maximum Gasteiger partial charge on any atom is 0.143 e. The van der Waals surface area contributed by atoms with Crippen molar-refractivity contribution in [1.29, 1.82) is 5.26 Å². The Hall–Kier alpha value is -2.48. The van der Waals surface area contributed by atoms with Gasteiger partial charge in [0, 0.05) is 6.07 Å². The van der Waals surface area contributed by atoms with Gasteiger partial charge in [0.25, 0.3) is 0 Å². The molecule has 0 aliphatic rings. The second-order valence-electron chi connectivity index (χ2n) is 3.87. The molecule has 0 saturated carbocycles. The van der Waals surface area contributed by atoms with Crippen molar-refractivity contribution < 1.29 is 4.74 Å². The lowest BCUT2D eigenvalue weighted by Crippen LogP contribution is -2.02. The summed E-state index contributed by atoms with van der Waals surface area (Å²) in [5.41, 5.74) is 2.43. The second kappa shape index (κ2) is 5.23. The van der Waals surface area contributed by atoms with E-state index in [0.717, 1.165) is 17.2 Å². The van der Waals surface area contributed by atoms with E-state index >= 15 is 0 Å². The maximum atomic E-state index is 8.82. The van der Waals surface area contributed by atoms with E-state index < -0.39 is 0 Å². The molecule has 0 amide bonds. The summed E-state index contributed by atoms with van der Waals surface area (Å²) in [4.78, 5) is 7.27. The molecule has 2 aromatic rings. The van der Waals surface area contributed by atoms with E-state index in [1.54, 1.807) is 25.4 Å². The molecular weight excluding hydrogens is 228 g/mol. The zero-order chi connectivity index (χ0) is 13.0. The van der Waals surface area contributed by atoms with Crippen LogP contribution in [0.2, 0.25) is 0 Å². The number of ether oxygens (including phenoxy) is 1. The summed E-state index contributed by atoms with van der Waals surface area (Å²) < 4.78 is 5.24. The van der Waals surface area contributed by atoms with Crippen molar-refractivity contribution in [2.75, 3.05) is 12.4 Å². The van der Waals surface area contributed by atoms with Crippen LogP contribution in [-0.2, 0) is 6.54 Å². The van der Waals surface area contributed by atoms with E-state index in [0.29, 0.717) is 17.9 Å². The van der Waals surface area contributed by atoms with Gasteiger partial charge in [-0.1, -0.05) is 0 Å². The molecule has 5 nitrogen and oxygen atoms in total. The molecule has 5 heteroatoms. The van der Waals surface area contributed by atoms with Crippen LogP contribution in [0.25, 0.3) is 0 Å². The maximum absolute atomic E-state index is 8.82. The van der Waals surface area contributed by atoms with Crippen molar-refractivity contribution in [1.82, 2.24) is 9.97 Å². The average Bonchev–Trinajstić information content (AvgIpc) is 2.82. The summed E-state index contributed by atoms with van der Waals surface area (Å²) >= 11 is 0. The topological polar surface area (TPSA) is 73.7 Å². The third-order valence-corrected chi connectivity index (χ3v) is 2.56. The van der Waals surface area contributed by atoms with Gasteiger partial charge in [0.05, 0.1) is 42.9 Å². The number of nitrogens with zero attached hydrogens (tertiary/aromatic N) is 2. The van der Waals surface area contributed by atoms with Crippen LogP contribution in [0.3, 0.4) is 0 Å². The Morgan fingerprint density at radius 3 is 2.94 bits per heavy atom. The first-order valence-corrected chi connectivity index (χ1v) is 5.55. The molecule has 0 aliphatic heterocycles. The molecule has 1 aromatic carbocycles. The predicted octanol–water partition coefficient (Wildman–Crippen LogP) is 2.21. The van der Waals surface area contributed by atoms with Crippen molar-refractivity contribution in [2.45, 2.75) is 13.5 Å². The van der Waals surface area contributed by atoms with E-state index in [1.807, 2.05) is 13.0 Å². The highest BCUT2D eigenvalue weighted by Gasteiger charge is 2.04. The highest BCUT2D eigenvalue weighted by Crippen LogP contribution is 2.25. The fraction of sp³-hybridized carbons (Fsp3) is 0.231. The molecule has 0 unspecified atom stereocenters. The first-order valence-electron chi connectivity index (χ1n) is 5.55. The van der Waals surface area contributed by atoms with Crippen LogP contribution >= 0.6 is 0 Å². The van der Waals surface area contributed by atoms with Gasteiger partial charge in [-0.15, -0.1) is 0 Å². The third-order valence-electron chi connectivity index (χ3n) is 2.56. The van der Waals surface area contributed by atoms with Crippen molar-refractivity contribution >= 4 is 5.69 Å². The quantitative estimate of drug-likeness (QED) is 0.862. The van der Waals surface area contributed by atoms with Gasteiger partial charge in [0.15, 0.2) is 0 Å². The van der Waals surface area contributed by atoms with Gasteiger partial charge in [-0.05, 0) is 19.1 Å².